The van der Waals surface area contributed by atoms with Gasteiger partial charge in [-0.15, -0.1) is 0 Å². The molecule has 6 nitrogen and oxygen atoms in total. The molecule has 0 bridgehead atoms. The summed E-state index contributed by atoms with van der Waals surface area (Å²) in [4.78, 5) is 23.4. The lowest BCUT2D eigenvalue weighted by Gasteiger charge is -2.16. The van der Waals surface area contributed by atoms with Crippen molar-refractivity contribution >= 4 is 21.8 Å². The molecule has 0 spiro atoms. The van der Waals surface area contributed by atoms with Gasteiger partial charge in [0.15, 0.2) is 12.4 Å². The van der Waals surface area contributed by atoms with E-state index >= 15 is 0 Å². The van der Waals surface area contributed by atoms with E-state index < -0.39 is 21.4 Å². The lowest BCUT2D eigenvalue weighted by molar-refractivity contribution is -0.129. The summed E-state index contributed by atoms with van der Waals surface area (Å²) in [6, 6.07) is 4.03. The Morgan fingerprint density at radius 3 is 2.29 bits per heavy atom. The van der Waals surface area contributed by atoms with Crippen molar-refractivity contribution in [3.05, 3.63) is 29.3 Å². The quantitative estimate of drug-likeness (QED) is 0.846. The highest BCUT2D eigenvalue weighted by Gasteiger charge is 2.23. The van der Waals surface area contributed by atoms with E-state index in [2.05, 4.69) is 0 Å². The van der Waals surface area contributed by atoms with Crippen LogP contribution >= 0.6 is 0 Å². The Morgan fingerprint density at radius 1 is 1.24 bits per heavy atom. The van der Waals surface area contributed by atoms with E-state index in [0.717, 1.165) is 6.07 Å². The number of benzene rings is 1. The van der Waals surface area contributed by atoms with Crippen molar-refractivity contribution in [3.8, 4) is 0 Å². The summed E-state index contributed by atoms with van der Waals surface area (Å²) in [6.07, 6.45) is 0. The lowest BCUT2D eigenvalue weighted by atomic mass is 9.91. The van der Waals surface area contributed by atoms with Gasteiger partial charge in [0.05, 0.1) is 10.5 Å². The normalized spacial score (nSPS) is 12.0. The first kappa shape index (κ1) is 17.3. The number of nitrogens with two attached hydrogens (primary N) is 1. The van der Waals surface area contributed by atoms with Gasteiger partial charge in [-0.25, -0.2) is 18.4 Å². The highest BCUT2D eigenvalue weighted by Crippen LogP contribution is 2.18. The van der Waals surface area contributed by atoms with Gasteiger partial charge in [-0.1, -0.05) is 26.8 Å². The molecule has 0 saturated carbocycles. The van der Waals surface area contributed by atoms with Crippen LogP contribution in [0.2, 0.25) is 0 Å². The van der Waals surface area contributed by atoms with Crippen molar-refractivity contribution in [3.63, 3.8) is 0 Å². The number of hydrogen-bond acceptors (Lipinski definition) is 5. The monoisotopic (exact) mass is 313 g/mol. The number of ether oxygens (including phenoxy) is 1. The molecule has 1 rings (SSSR count). The maximum absolute atomic E-state index is 11.9. The molecule has 0 radical (unpaired) electrons. The number of rotatable bonds is 4. The van der Waals surface area contributed by atoms with Crippen LogP contribution in [0.1, 0.15) is 36.7 Å². The van der Waals surface area contributed by atoms with Crippen molar-refractivity contribution < 1.29 is 22.7 Å². The fourth-order valence-corrected chi connectivity index (χ4v) is 2.27. The van der Waals surface area contributed by atoms with E-state index in [1.54, 1.807) is 27.7 Å². The second-order valence-electron chi connectivity index (χ2n) is 5.77. The minimum atomic E-state index is -3.92. The number of carbonyl (C=O) groups excluding carboxylic acids is 2. The molecule has 0 aliphatic rings. The van der Waals surface area contributed by atoms with Crippen molar-refractivity contribution in [1.82, 2.24) is 0 Å². The number of Topliss-reactive ketones (excluding diaryl/α,β-unsaturated/α-hetero) is 1. The summed E-state index contributed by atoms with van der Waals surface area (Å²) in [5.74, 6) is -0.993. The highest BCUT2D eigenvalue weighted by atomic mass is 32.2. The van der Waals surface area contributed by atoms with E-state index in [9.17, 15) is 18.0 Å². The Morgan fingerprint density at radius 2 is 1.81 bits per heavy atom. The predicted octanol–water partition coefficient (Wildman–Crippen LogP) is 1.41. The van der Waals surface area contributed by atoms with Crippen LogP contribution in [0.5, 0.6) is 0 Å². The maximum atomic E-state index is 11.9. The van der Waals surface area contributed by atoms with E-state index in [1.807, 2.05) is 0 Å². The molecule has 7 heteroatoms. The third-order valence-electron chi connectivity index (χ3n) is 2.90. The Bertz CT molecular complexity index is 671. The Balaban J connectivity index is 2.93. The number of ketones is 1. The van der Waals surface area contributed by atoms with Crippen molar-refractivity contribution in [1.29, 1.82) is 0 Å². The molecule has 0 aliphatic carbocycles. The van der Waals surface area contributed by atoms with Gasteiger partial charge in [0.25, 0.3) is 0 Å². The Kier molecular flexibility index (Phi) is 4.91. The molecule has 0 heterocycles. The van der Waals surface area contributed by atoms with Gasteiger partial charge >= 0.3 is 5.97 Å². The fourth-order valence-electron chi connectivity index (χ4n) is 1.46. The second-order valence-corrected chi connectivity index (χ2v) is 7.30. The SMILES string of the molecule is Cc1ccc(C(=O)OCC(=O)C(C)(C)C)cc1S(N)(=O)=O. The van der Waals surface area contributed by atoms with E-state index in [1.165, 1.54) is 12.1 Å². The van der Waals surface area contributed by atoms with Crippen LogP contribution in [0.15, 0.2) is 23.1 Å². The Hall–Kier alpha value is -1.73. The van der Waals surface area contributed by atoms with Crippen LogP contribution in [-0.4, -0.2) is 26.8 Å². The third kappa shape index (κ3) is 4.64. The van der Waals surface area contributed by atoms with Gasteiger partial charge in [-0.2, -0.15) is 0 Å². The molecule has 0 amide bonds. The molecule has 1 aromatic carbocycles. The van der Waals surface area contributed by atoms with E-state index in [0.29, 0.717) is 5.56 Å². The zero-order valence-electron chi connectivity index (χ0n) is 12.5. The summed E-state index contributed by atoms with van der Waals surface area (Å²) < 4.78 is 27.7. The van der Waals surface area contributed by atoms with Crippen LogP contribution in [0.3, 0.4) is 0 Å². The topological polar surface area (TPSA) is 104 Å². The summed E-state index contributed by atoms with van der Waals surface area (Å²) >= 11 is 0. The number of sulfonamides is 1. The highest BCUT2D eigenvalue weighted by molar-refractivity contribution is 7.89. The van der Waals surface area contributed by atoms with Gasteiger partial charge in [-0.05, 0) is 24.6 Å². The molecule has 0 fully saturated rings. The summed E-state index contributed by atoms with van der Waals surface area (Å²) in [6.45, 7) is 6.36. The third-order valence-corrected chi connectivity index (χ3v) is 3.95. The molecule has 1 aromatic rings. The van der Waals surface area contributed by atoms with Gasteiger partial charge in [0, 0.05) is 5.41 Å². The van der Waals surface area contributed by atoms with Crippen molar-refractivity contribution in [2.45, 2.75) is 32.6 Å². The molecule has 0 saturated heterocycles. The minimum Gasteiger partial charge on any atom is -0.454 e. The van der Waals surface area contributed by atoms with Crippen molar-refractivity contribution in [2.24, 2.45) is 10.6 Å². The van der Waals surface area contributed by atoms with Gasteiger partial charge < -0.3 is 4.74 Å². The standard InChI is InChI=1S/C14H19NO5S/c1-9-5-6-10(7-11(9)21(15,18)19)13(17)20-8-12(16)14(2,3)4/h5-7H,8H2,1-4H3,(H2,15,18,19). The van der Waals surface area contributed by atoms with Gasteiger partial charge in [0.1, 0.15) is 0 Å². The number of primary sulfonamides is 1. The van der Waals surface area contributed by atoms with Crippen LogP contribution < -0.4 is 5.14 Å². The summed E-state index contributed by atoms with van der Waals surface area (Å²) in [5, 5.41) is 5.07. The van der Waals surface area contributed by atoms with Crippen LogP contribution in [0.4, 0.5) is 0 Å². The summed E-state index contributed by atoms with van der Waals surface area (Å²) in [5.41, 5.74) is -0.148. The number of carbonyl (C=O) groups is 2. The zero-order valence-corrected chi connectivity index (χ0v) is 13.3. The number of esters is 1. The minimum absolute atomic E-state index is 0.0336. The average Bonchev–Trinajstić information content (AvgIpc) is 2.33. The molecule has 0 aliphatic heterocycles. The molecule has 0 aromatic heterocycles. The second kappa shape index (κ2) is 5.95. The van der Waals surface area contributed by atoms with Crippen LogP contribution in [0.25, 0.3) is 0 Å². The number of hydrogen-bond donors (Lipinski definition) is 1. The molecule has 0 unspecified atom stereocenters. The first-order valence-electron chi connectivity index (χ1n) is 6.27. The molecule has 21 heavy (non-hydrogen) atoms. The first-order chi connectivity index (χ1) is 9.43. The molecular weight excluding hydrogens is 294 g/mol. The lowest BCUT2D eigenvalue weighted by Crippen LogP contribution is -2.26. The average molecular weight is 313 g/mol. The smallest absolute Gasteiger partial charge is 0.338 e. The first-order valence-corrected chi connectivity index (χ1v) is 7.81. The molecule has 116 valence electrons. The van der Waals surface area contributed by atoms with Crippen LogP contribution in [-0.2, 0) is 19.6 Å². The van der Waals surface area contributed by atoms with E-state index in [4.69, 9.17) is 9.88 Å². The molecule has 0 atom stereocenters. The van der Waals surface area contributed by atoms with Crippen molar-refractivity contribution in [2.75, 3.05) is 6.61 Å². The predicted molar refractivity (Wildman–Crippen MR) is 77.3 cm³/mol. The number of aryl methyl sites for hydroxylation is 1. The molecule has 2 N–H and O–H groups in total. The van der Waals surface area contributed by atoms with Gasteiger partial charge in [0.2, 0.25) is 10.0 Å². The fraction of sp³-hybridized carbons (Fsp3) is 0.429. The van der Waals surface area contributed by atoms with Crippen LogP contribution in [0, 0.1) is 12.3 Å². The largest absolute Gasteiger partial charge is 0.454 e. The Labute approximate surface area is 124 Å². The maximum Gasteiger partial charge on any atom is 0.338 e. The van der Waals surface area contributed by atoms with Gasteiger partial charge in [-0.3, -0.25) is 4.79 Å². The summed E-state index contributed by atoms with van der Waals surface area (Å²) in [7, 11) is -3.92. The van der Waals surface area contributed by atoms with E-state index in [-0.39, 0.29) is 22.8 Å². The zero-order chi connectivity index (χ0) is 16.4. The molecular formula is C14H19NO5S.